The summed E-state index contributed by atoms with van der Waals surface area (Å²) in [6.07, 6.45) is 1.41. The zero-order valence-electron chi connectivity index (χ0n) is 51.7. The Kier molecular flexibility index (Phi) is 32.2. The number of nitro groups is 1. The van der Waals surface area contributed by atoms with E-state index >= 15 is 0 Å². The Bertz CT molecular complexity index is 3010. The van der Waals surface area contributed by atoms with Crippen LogP contribution in [0.15, 0.2) is 42.5 Å². The van der Waals surface area contributed by atoms with Gasteiger partial charge in [-0.25, -0.2) is 30.7 Å². The first-order chi connectivity index (χ1) is 41.5. The number of hydrogen-bond donors (Lipinski definition) is 0. The number of carbonyl (C=O) groups excluding carboxylic acids is 6. The lowest BCUT2D eigenvalue weighted by molar-refractivity contribution is -0.384. The van der Waals surface area contributed by atoms with E-state index in [9.17, 15) is 96.0 Å². The van der Waals surface area contributed by atoms with Gasteiger partial charge < -0.3 is 18.9 Å². The van der Waals surface area contributed by atoms with Gasteiger partial charge in [0.15, 0.2) is 40.5 Å². The largest absolute Gasteiger partial charge is 0.491 e. The minimum Gasteiger partial charge on any atom is -0.491 e. The zero-order valence-corrected chi connectivity index (χ0v) is 51.7. The van der Waals surface area contributed by atoms with Gasteiger partial charge in [-0.15, -0.1) is 0 Å². The first kappa shape index (κ1) is 79.7. The number of benzene rings is 4. The summed E-state index contributed by atoms with van der Waals surface area (Å²) in [5.74, 6) is -26.2. The molecule has 4 aromatic carbocycles. The molecule has 3 aliphatic rings. The SMILES string of the molecule is CC(C)N1C(=O)C=CC1=O.CC(C)ON1C(=O)CC(C)C1=O.CC(C)ON1C(=O)CCC1=O.CC(C)Oc1c(F)c(F)c(F)c(F)c1F.CC(C)Oc1c(F)c(F)cc(F)c1F.CC(C)Oc1ccc([N+](=O)[O-])cc1.Cc1c(F)c(F)c(OC(C)C)c(F)c1F. The Morgan fingerprint density at radius 3 is 1.09 bits per heavy atom. The molecule has 90 heavy (non-hydrogen) atoms. The van der Waals surface area contributed by atoms with Crippen LogP contribution in [-0.2, 0) is 38.4 Å². The summed E-state index contributed by atoms with van der Waals surface area (Å²) in [4.78, 5) is 86.9. The number of ether oxygens (including phenoxy) is 4. The van der Waals surface area contributed by atoms with E-state index in [1.54, 1.807) is 46.8 Å². The number of hydrogen-bond acceptors (Lipinski definition) is 14. The van der Waals surface area contributed by atoms with E-state index in [1.165, 1.54) is 70.7 Å². The molecular formula is C59H69F13N4O14. The molecule has 0 aromatic heterocycles. The van der Waals surface area contributed by atoms with Crippen molar-refractivity contribution in [2.45, 2.75) is 173 Å². The summed E-state index contributed by atoms with van der Waals surface area (Å²) in [6, 6.07) is 6.15. The van der Waals surface area contributed by atoms with Crippen molar-refractivity contribution < 1.29 is 119 Å². The van der Waals surface area contributed by atoms with Crippen molar-refractivity contribution >= 4 is 41.1 Å². The van der Waals surface area contributed by atoms with E-state index in [-0.39, 0.29) is 96.7 Å². The number of carbonyl (C=O) groups is 6. The fourth-order valence-electron chi connectivity index (χ4n) is 6.68. The first-order valence-electron chi connectivity index (χ1n) is 27.2. The maximum atomic E-state index is 13.2. The Morgan fingerprint density at radius 1 is 0.456 bits per heavy atom. The molecule has 0 saturated carbocycles. The summed E-state index contributed by atoms with van der Waals surface area (Å²) >= 11 is 0. The van der Waals surface area contributed by atoms with Crippen LogP contribution in [0.2, 0.25) is 0 Å². The summed E-state index contributed by atoms with van der Waals surface area (Å²) in [5.41, 5.74) is -0.614. The molecule has 0 N–H and O–H groups in total. The van der Waals surface area contributed by atoms with Crippen LogP contribution in [0, 0.1) is 98.6 Å². The molecule has 18 nitrogen and oxygen atoms in total. The van der Waals surface area contributed by atoms with Gasteiger partial charge in [0.2, 0.25) is 52.4 Å². The highest BCUT2D eigenvalue weighted by Crippen LogP contribution is 2.32. The lowest BCUT2D eigenvalue weighted by atomic mass is 10.1. The Balaban J connectivity index is 0.000000527. The number of hydroxylamine groups is 4. The molecule has 4 aromatic rings. The number of amides is 6. The van der Waals surface area contributed by atoms with Crippen molar-refractivity contribution in [3.8, 4) is 23.0 Å². The second-order valence-corrected chi connectivity index (χ2v) is 20.8. The third-order valence-electron chi connectivity index (χ3n) is 10.5. The van der Waals surface area contributed by atoms with Crippen LogP contribution in [0.5, 0.6) is 23.0 Å². The van der Waals surface area contributed by atoms with E-state index in [4.69, 9.17) is 14.4 Å². The average Bonchev–Trinajstić information content (AvgIpc) is 1.42. The monoisotopic (exact) mass is 1300 g/mol. The summed E-state index contributed by atoms with van der Waals surface area (Å²) in [6.45, 7) is 26.0. The van der Waals surface area contributed by atoms with Crippen LogP contribution in [0.4, 0.5) is 62.8 Å². The van der Waals surface area contributed by atoms with Gasteiger partial charge in [0.25, 0.3) is 41.1 Å². The molecule has 2 saturated heterocycles. The maximum Gasteiger partial charge on any atom is 0.269 e. The number of nitro benzene ring substituents is 1. The lowest BCUT2D eigenvalue weighted by Crippen LogP contribution is -2.36. The van der Waals surface area contributed by atoms with Crippen LogP contribution < -0.4 is 18.9 Å². The Morgan fingerprint density at radius 2 is 0.789 bits per heavy atom. The van der Waals surface area contributed by atoms with Crippen molar-refractivity contribution in [2.24, 2.45) is 5.92 Å². The highest BCUT2D eigenvalue weighted by molar-refractivity contribution is 6.13. The van der Waals surface area contributed by atoms with Crippen LogP contribution in [0.3, 0.4) is 0 Å². The number of nitrogens with zero attached hydrogens (tertiary/aromatic N) is 4. The molecular weight excluding hydrogens is 1240 g/mol. The molecule has 0 bridgehead atoms. The molecule has 7 rings (SSSR count). The van der Waals surface area contributed by atoms with Crippen LogP contribution >= 0.6 is 0 Å². The molecule has 6 amide bonds. The van der Waals surface area contributed by atoms with Crippen molar-refractivity contribution in [1.82, 2.24) is 15.0 Å². The smallest absolute Gasteiger partial charge is 0.269 e. The minimum absolute atomic E-state index is 0.0324. The van der Waals surface area contributed by atoms with E-state index in [0.29, 0.717) is 5.75 Å². The molecule has 0 spiro atoms. The third kappa shape index (κ3) is 23.9. The highest BCUT2D eigenvalue weighted by Gasteiger charge is 2.37. The minimum atomic E-state index is -2.19. The fourth-order valence-corrected chi connectivity index (χ4v) is 6.68. The molecule has 500 valence electrons. The van der Waals surface area contributed by atoms with Crippen LogP contribution in [-0.4, -0.2) is 98.1 Å². The Labute approximate surface area is 509 Å². The summed E-state index contributed by atoms with van der Waals surface area (Å²) in [7, 11) is 0. The predicted molar refractivity (Wildman–Crippen MR) is 295 cm³/mol. The second-order valence-electron chi connectivity index (χ2n) is 20.8. The van der Waals surface area contributed by atoms with E-state index in [2.05, 4.69) is 14.2 Å². The molecule has 0 aliphatic carbocycles. The molecule has 0 radical (unpaired) electrons. The van der Waals surface area contributed by atoms with Crippen molar-refractivity contribution in [3.63, 3.8) is 0 Å². The van der Waals surface area contributed by atoms with Gasteiger partial charge in [0.05, 0.1) is 41.5 Å². The quantitative estimate of drug-likeness (QED) is 0.0287. The molecule has 1 atom stereocenters. The topological polar surface area (TPSA) is 211 Å². The summed E-state index contributed by atoms with van der Waals surface area (Å²) < 4.78 is 186. The second kappa shape index (κ2) is 36.3. The van der Waals surface area contributed by atoms with Gasteiger partial charge in [-0.05, 0) is 116 Å². The van der Waals surface area contributed by atoms with Gasteiger partial charge in [0.1, 0.15) is 5.75 Å². The zero-order chi connectivity index (χ0) is 69.7. The van der Waals surface area contributed by atoms with Gasteiger partial charge in [-0.1, -0.05) is 6.92 Å². The molecule has 3 heterocycles. The van der Waals surface area contributed by atoms with Gasteiger partial charge in [-0.2, -0.15) is 36.5 Å². The van der Waals surface area contributed by atoms with E-state index in [0.717, 1.165) is 17.1 Å². The highest BCUT2D eigenvalue weighted by atomic mass is 19.2. The van der Waals surface area contributed by atoms with Crippen molar-refractivity contribution in [3.05, 3.63) is 134 Å². The van der Waals surface area contributed by atoms with Crippen LogP contribution in [0.1, 0.15) is 129 Å². The van der Waals surface area contributed by atoms with Gasteiger partial charge in [-0.3, -0.25) is 53.5 Å². The molecule has 3 aliphatic heterocycles. The molecule has 2 fully saturated rings. The normalized spacial score (nSPS) is 14.3. The van der Waals surface area contributed by atoms with Crippen molar-refractivity contribution in [1.29, 1.82) is 0 Å². The molecule has 31 heteroatoms. The summed E-state index contributed by atoms with van der Waals surface area (Å²) in [5, 5.41) is 12.0. The number of imide groups is 3. The third-order valence-corrected chi connectivity index (χ3v) is 10.5. The van der Waals surface area contributed by atoms with E-state index in [1.807, 2.05) is 27.7 Å². The van der Waals surface area contributed by atoms with E-state index < -0.39 is 122 Å². The Hall–Kier alpha value is -8.35. The predicted octanol–water partition coefficient (Wildman–Crippen LogP) is 13.4. The first-order valence-corrected chi connectivity index (χ1v) is 27.2. The number of rotatable bonds is 14. The standard InChI is InChI=1S/C10H10F4O.C9H7F5O.C9H8F4O.C9H11NO3.C8H13NO3.C7H11NO3.C7H9NO2/c1-4(2)15-10-8(13)6(11)5(3)7(12)9(10)14;1-3(2)15-9-7(13)5(11)4(10)6(12)8(9)14;1-4(2)14-9-7(12)5(10)3-6(11)8(9)13;1-7(2)13-9-5-3-8(4-6-9)10(11)12;1-5(2)12-9-7(10)4-6(3)8(9)11;1-5(2)11-8-6(9)3-4-7(8)10;1-5(2)8-6(9)3-4-7(8)10/h4H,1-3H3;3H,1-2H3;3-4H,1-2H3;3-7H,1-2H3;5-6H,4H2,1-3H3;5H,3-4H2,1-2H3;3-5H,1-2H3. The van der Waals surface area contributed by atoms with Gasteiger partial charge in [0, 0.05) is 67.1 Å². The van der Waals surface area contributed by atoms with Gasteiger partial charge >= 0.3 is 0 Å². The average molecular weight is 1310 g/mol. The number of non-ortho nitro benzene ring substituents is 1. The van der Waals surface area contributed by atoms with Crippen LogP contribution in [0.25, 0.3) is 0 Å². The number of halogens is 13. The fraction of sp³-hybridized carbons (Fsp3) is 0.458. The lowest BCUT2D eigenvalue weighted by Gasteiger charge is -2.17. The maximum absolute atomic E-state index is 13.2. The molecule has 1 unspecified atom stereocenters. The van der Waals surface area contributed by atoms with Crippen molar-refractivity contribution in [2.75, 3.05) is 0 Å².